The van der Waals surface area contributed by atoms with Gasteiger partial charge in [0.15, 0.2) is 0 Å². The van der Waals surface area contributed by atoms with Gasteiger partial charge in [-0.05, 0) is 58.3 Å². The Morgan fingerprint density at radius 3 is 1.88 bits per heavy atom. The number of ether oxygens (including phenoxy) is 4. The number of carbonyl (C=O) groups is 2. The zero-order valence-electron chi connectivity index (χ0n) is 22.2. The molecule has 2 N–H and O–H groups in total. The van der Waals surface area contributed by atoms with E-state index in [0.29, 0.717) is 46.0 Å². The van der Waals surface area contributed by atoms with Crippen LogP contribution in [-0.4, -0.2) is 83.9 Å². The first-order chi connectivity index (χ1) is 16.3. The van der Waals surface area contributed by atoms with Gasteiger partial charge in [-0.3, -0.25) is 9.59 Å². The molecule has 0 aliphatic carbocycles. The van der Waals surface area contributed by atoms with Crippen molar-refractivity contribution in [2.24, 2.45) is 5.92 Å². The second-order valence-electron chi connectivity index (χ2n) is 8.99. The van der Waals surface area contributed by atoms with E-state index in [2.05, 4.69) is 31.4 Å². The molecule has 0 saturated heterocycles. The van der Waals surface area contributed by atoms with Crippen molar-refractivity contribution in [2.45, 2.75) is 85.4 Å². The van der Waals surface area contributed by atoms with Crippen molar-refractivity contribution in [2.75, 3.05) is 59.3 Å². The lowest BCUT2D eigenvalue weighted by molar-refractivity contribution is -0.127. The van der Waals surface area contributed by atoms with Crippen LogP contribution in [0, 0.1) is 5.92 Å². The zero-order valence-corrected chi connectivity index (χ0v) is 22.2. The zero-order chi connectivity index (χ0) is 25.9. The minimum Gasteiger partial charge on any atom is -0.379 e. The van der Waals surface area contributed by atoms with Crippen LogP contribution in [-0.2, 0) is 28.5 Å². The smallest absolute Gasteiger partial charge is 0.246 e. The molecule has 0 fully saturated rings. The van der Waals surface area contributed by atoms with Crippen LogP contribution < -0.4 is 10.6 Å². The summed E-state index contributed by atoms with van der Waals surface area (Å²) in [5.74, 6) is 0.765. The highest BCUT2D eigenvalue weighted by atomic mass is 19.1. The molecule has 1 atom stereocenters. The lowest BCUT2D eigenvalue weighted by Gasteiger charge is -2.09. The summed E-state index contributed by atoms with van der Waals surface area (Å²) in [5.41, 5.74) is 0. The molecule has 0 saturated carbocycles. The molecular weight excluding hydrogens is 443 g/mol. The maximum absolute atomic E-state index is 13.2. The molecule has 0 aromatic heterocycles. The summed E-state index contributed by atoms with van der Waals surface area (Å²) in [5, 5.41) is 5.12. The van der Waals surface area contributed by atoms with Crippen LogP contribution in [0.5, 0.6) is 0 Å². The number of alkyl halides is 1. The number of halogens is 1. The highest BCUT2D eigenvalue weighted by Gasteiger charge is 2.05. The Balaban J connectivity index is 0. The molecule has 204 valence electrons. The molecule has 0 aliphatic heterocycles. The average Bonchev–Trinajstić information content (AvgIpc) is 2.77. The molecule has 9 heteroatoms. The van der Waals surface area contributed by atoms with E-state index < -0.39 is 6.17 Å². The van der Waals surface area contributed by atoms with Crippen molar-refractivity contribution in [1.82, 2.24) is 10.6 Å². The fourth-order valence-electron chi connectivity index (χ4n) is 2.38. The van der Waals surface area contributed by atoms with Gasteiger partial charge in [-0.2, -0.15) is 0 Å². The van der Waals surface area contributed by atoms with Gasteiger partial charge in [-0.25, -0.2) is 4.39 Å². The van der Waals surface area contributed by atoms with E-state index in [1.807, 2.05) is 13.8 Å². The first kappa shape index (κ1) is 34.9. The number of amides is 2. The van der Waals surface area contributed by atoms with Gasteiger partial charge in [0.25, 0.3) is 0 Å². The number of unbranched alkanes of at least 4 members (excludes halogenated alkanes) is 4. The third-order valence-electron chi connectivity index (χ3n) is 4.01. The van der Waals surface area contributed by atoms with Gasteiger partial charge in [0.1, 0.15) is 12.8 Å². The minimum absolute atomic E-state index is 0.00791. The monoisotopic (exact) mass is 494 g/mol. The molecule has 1 unspecified atom stereocenters. The Kier molecular flexibility index (Phi) is 28.7. The van der Waals surface area contributed by atoms with Crippen LogP contribution in [0.1, 0.15) is 73.1 Å². The van der Waals surface area contributed by atoms with E-state index in [0.717, 1.165) is 44.4 Å². The summed E-state index contributed by atoms with van der Waals surface area (Å²) < 4.78 is 34.6. The molecule has 0 rings (SSSR count). The molecule has 34 heavy (non-hydrogen) atoms. The first-order valence-electron chi connectivity index (χ1n) is 12.7. The van der Waals surface area contributed by atoms with Crippen LogP contribution in [0.2, 0.25) is 0 Å². The van der Waals surface area contributed by atoms with E-state index in [-0.39, 0.29) is 31.8 Å². The highest BCUT2D eigenvalue weighted by Crippen LogP contribution is 1.99. The summed E-state index contributed by atoms with van der Waals surface area (Å²) in [4.78, 5) is 21.5. The van der Waals surface area contributed by atoms with Crippen molar-refractivity contribution in [1.29, 1.82) is 0 Å². The summed E-state index contributed by atoms with van der Waals surface area (Å²) in [6, 6.07) is 0. The minimum atomic E-state index is -1.16. The lowest BCUT2D eigenvalue weighted by atomic mass is 10.2. The van der Waals surface area contributed by atoms with Gasteiger partial charge in [0.2, 0.25) is 12.3 Å². The molecule has 0 bridgehead atoms. The van der Waals surface area contributed by atoms with Gasteiger partial charge in [0.05, 0.1) is 32.5 Å². The van der Waals surface area contributed by atoms with Gasteiger partial charge in [0, 0.05) is 26.4 Å². The normalized spacial score (nSPS) is 11.8. The third kappa shape index (κ3) is 35.3. The van der Waals surface area contributed by atoms with E-state index in [1.54, 1.807) is 0 Å². The summed E-state index contributed by atoms with van der Waals surface area (Å²) in [6.07, 6.45) is 5.04. The Hall–Kier alpha value is -1.29. The van der Waals surface area contributed by atoms with E-state index in [4.69, 9.17) is 18.9 Å². The highest BCUT2D eigenvalue weighted by molar-refractivity contribution is 5.77. The predicted molar refractivity (Wildman–Crippen MR) is 134 cm³/mol. The average molecular weight is 495 g/mol. The number of nitrogens with one attached hydrogen (secondary N) is 2. The predicted octanol–water partition coefficient (Wildman–Crippen LogP) is 3.66. The van der Waals surface area contributed by atoms with Gasteiger partial charge in [-0.1, -0.05) is 20.8 Å². The molecule has 8 nitrogen and oxygen atoms in total. The number of carbonyl (C=O) groups excluding carboxylic acids is 2. The molecule has 0 aromatic rings. The second-order valence-corrected chi connectivity index (χ2v) is 8.99. The number of rotatable bonds is 23. The van der Waals surface area contributed by atoms with Crippen LogP contribution in [0.4, 0.5) is 4.39 Å². The van der Waals surface area contributed by atoms with Gasteiger partial charge < -0.3 is 29.6 Å². The molecule has 2 amide bonds. The number of hydrogen-bond donors (Lipinski definition) is 2. The van der Waals surface area contributed by atoms with Gasteiger partial charge >= 0.3 is 0 Å². The van der Waals surface area contributed by atoms with Crippen molar-refractivity contribution in [3.63, 3.8) is 0 Å². The van der Waals surface area contributed by atoms with Gasteiger partial charge in [-0.15, -0.1) is 0 Å². The number of hydrogen-bond acceptors (Lipinski definition) is 6. The Morgan fingerprint density at radius 1 is 0.824 bits per heavy atom. The van der Waals surface area contributed by atoms with Crippen molar-refractivity contribution >= 4 is 12.3 Å². The summed E-state index contributed by atoms with van der Waals surface area (Å²) in [7, 11) is 0. The van der Waals surface area contributed by atoms with Crippen molar-refractivity contribution in [3.8, 4) is 0 Å². The molecule has 0 radical (unpaired) electrons. The SMILES string of the molecule is CC(C)C.CC(C)OCC(=O)NCCCCCOCCOCCCCCOCC(F)CNC=O. The van der Waals surface area contributed by atoms with Crippen molar-refractivity contribution < 1.29 is 32.9 Å². The Morgan fingerprint density at radius 2 is 1.35 bits per heavy atom. The molecule has 0 aliphatic rings. The summed E-state index contributed by atoms with van der Waals surface area (Å²) in [6.45, 7) is 14.1. The summed E-state index contributed by atoms with van der Waals surface area (Å²) >= 11 is 0. The van der Waals surface area contributed by atoms with Crippen molar-refractivity contribution in [3.05, 3.63) is 0 Å². The maximum Gasteiger partial charge on any atom is 0.246 e. The Labute approximate surface area is 207 Å². The molecule has 0 spiro atoms. The Bertz CT molecular complexity index is 439. The molecular formula is C25H51FN2O6. The molecule has 0 aromatic carbocycles. The largest absolute Gasteiger partial charge is 0.379 e. The third-order valence-corrected chi connectivity index (χ3v) is 4.01. The second kappa shape index (κ2) is 28.0. The van der Waals surface area contributed by atoms with Crippen LogP contribution in [0.3, 0.4) is 0 Å². The lowest BCUT2D eigenvalue weighted by Crippen LogP contribution is -2.29. The van der Waals surface area contributed by atoms with Crippen LogP contribution in [0.15, 0.2) is 0 Å². The quantitative estimate of drug-likeness (QED) is 0.166. The van der Waals surface area contributed by atoms with E-state index in [1.165, 1.54) is 0 Å². The first-order valence-corrected chi connectivity index (χ1v) is 12.7. The fourth-order valence-corrected chi connectivity index (χ4v) is 2.38. The van der Waals surface area contributed by atoms with E-state index in [9.17, 15) is 14.0 Å². The fraction of sp³-hybridized carbons (Fsp3) is 0.920. The van der Waals surface area contributed by atoms with Crippen LogP contribution >= 0.6 is 0 Å². The topological polar surface area (TPSA) is 95.1 Å². The molecule has 0 heterocycles. The van der Waals surface area contributed by atoms with E-state index >= 15 is 0 Å². The standard InChI is InChI=1S/C21H41FN2O6.C4H10/c1-19(2)30-17-21(26)24-9-5-3-6-10-27-13-14-28-11-7-4-8-12-29-16-20(22)15-23-18-25;1-4(2)3/h18-20H,3-17H2,1-2H3,(H,23,25)(H,24,26);4H,1-3H3. The maximum atomic E-state index is 13.2. The van der Waals surface area contributed by atoms with Crippen LogP contribution in [0.25, 0.3) is 0 Å².